The Balaban J connectivity index is 1.88. The lowest BCUT2D eigenvalue weighted by Crippen LogP contribution is -2.31. The molecule has 1 fully saturated rings. The van der Waals surface area contributed by atoms with Crippen molar-refractivity contribution in [2.45, 2.75) is 39.3 Å². The lowest BCUT2D eigenvalue weighted by Gasteiger charge is -2.28. The highest BCUT2D eigenvalue weighted by atomic mass is 35.5. The molecule has 31 heavy (non-hydrogen) atoms. The number of pyridine rings is 1. The van der Waals surface area contributed by atoms with Gasteiger partial charge in [0.1, 0.15) is 0 Å². The minimum absolute atomic E-state index is 0.0203. The van der Waals surface area contributed by atoms with E-state index >= 15 is 0 Å². The summed E-state index contributed by atoms with van der Waals surface area (Å²) in [6.45, 7) is 7.26. The molecule has 2 atom stereocenters. The normalized spacial score (nSPS) is 18.5. The Labute approximate surface area is 193 Å². The van der Waals surface area contributed by atoms with Gasteiger partial charge >= 0.3 is 0 Å². The maximum atomic E-state index is 9.47. The van der Waals surface area contributed by atoms with Crippen molar-refractivity contribution >= 4 is 28.9 Å². The number of halogens is 1. The van der Waals surface area contributed by atoms with Crippen molar-refractivity contribution in [2.24, 2.45) is 0 Å². The second kappa shape index (κ2) is 8.99. The van der Waals surface area contributed by atoms with Crippen LogP contribution in [0, 0.1) is 20.8 Å². The van der Waals surface area contributed by atoms with Crippen molar-refractivity contribution in [1.82, 2.24) is 19.8 Å². The number of aliphatic hydroxyl groups is 1. The molecule has 0 saturated carbocycles. The maximum absolute atomic E-state index is 9.47. The third-order valence-corrected chi connectivity index (χ3v) is 6.71. The standard InChI is InChI=1S/C24H27ClN4OS/c1-15-16(2)29(19-9-6-8-18(25)14-19)17(3)21(15)23-22(20-10-4-5-11-26-20)27-24(31)28(23)12-7-13-30/h4-6,8-11,14,22-23,30H,7,12-13H2,1-3H3,(H,27,31)/t22-,23+/m0/s1. The van der Waals surface area contributed by atoms with Crippen LogP contribution in [0.1, 0.15) is 46.7 Å². The van der Waals surface area contributed by atoms with Crippen molar-refractivity contribution in [3.8, 4) is 5.69 Å². The number of nitrogens with one attached hydrogen (secondary N) is 1. The van der Waals surface area contributed by atoms with Gasteiger partial charge in [-0.25, -0.2) is 0 Å². The summed E-state index contributed by atoms with van der Waals surface area (Å²) < 4.78 is 2.26. The summed E-state index contributed by atoms with van der Waals surface area (Å²) in [5.41, 5.74) is 6.79. The fourth-order valence-electron chi connectivity index (χ4n) is 4.65. The molecule has 7 heteroatoms. The Morgan fingerprint density at radius 1 is 1.13 bits per heavy atom. The van der Waals surface area contributed by atoms with Crippen LogP contribution in [-0.4, -0.2) is 37.8 Å². The average molecular weight is 455 g/mol. The van der Waals surface area contributed by atoms with Crippen molar-refractivity contribution in [1.29, 1.82) is 0 Å². The van der Waals surface area contributed by atoms with Crippen LogP contribution >= 0.6 is 23.8 Å². The van der Waals surface area contributed by atoms with E-state index in [1.54, 1.807) is 0 Å². The number of nitrogens with zero attached hydrogens (tertiary/aromatic N) is 3. The summed E-state index contributed by atoms with van der Waals surface area (Å²) in [6, 6.07) is 13.8. The molecular formula is C24H27ClN4OS. The molecule has 0 amide bonds. The van der Waals surface area contributed by atoms with E-state index in [9.17, 15) is 5.11 Å². The van der Waals surface area contributed by atoms with Crippen LogP contribution in [0.3, 0.4) is 0 Å². The largest absolute Gasteiger partial charge is 0.396 e. The maximum Gasteiger partial charge on any atom is 0.170 e. The number of benzene rings is 1. The van der Waals surface area contributed by atoms with Gasteiger partial charge in [0.05, 0.1) is 17.8 Å². The van der Waals surface area contributed by atoms with E-state index in [2.05, 4.69) is 46.6 Å². The zero-order chi connectivity index (χ0) is 22.1. The van der Waals surface area contributed by atoms with Gasteiger partial charge in [0.2, 0.25) is 0 Å². The zero-order valence-electron chi connectivity index (χ0n) is 18.0. The van der Waals surface area contributed by atoms with Crippen molar-refractivity contribution in [3.05, 3.63) is 81.9 Å². The molecule has 1 aliphatic heterocycles. The number of aromatic nitrogens is 2. The summed E-state index contributed by atoms with van der Waals surface area (Å²) in [7, 11) is 0. The quantitative estimate of drug-likeness (QED) is 0.523. The van der Waals surface area contributed by atoms with E-state index < -0.39 is 0 Å². The van der Waals surface area contributed by atoms with E-state index in [0.29, 0.717) is 23.1 Å². The van der Waals surface area contributed by atoms with Gasteiger partial charge in [-0.3, -0.25) is 4.98 Å². The highest BCUT2D eigenvalue weighted by Gasteiger charge is 2.42. The van der Waals surface area contributed by atoms with Gasteiger partial charge in [-0.05, 0) is 75.3 Å². The van der Waals surface area contributed by atoms with Gasteiger partial charge in [0.25, 0.3) is 0 Å². The summed E-state index contributed by atoms with van der Waals surface area (Å²) in [6.07, 6.45) is 2.47. The van der Waals surface area contributed by atoms with Gasteiger partial charge in [0, 0.05) is 47.0 Å². The Morgan fingerprint density at radius 3 is 2.61 bits per heavy atom. The second-order valence-corrected chi connectivity index (χ2v) is 8.75. The topological polar surface area (TPSA) is 53.3 Å². The molecule has 0 aliphatic carbocycles. The van der Waals surface area contributed by atoms with Gasteiger partial charge in [0.15, 0.2) is 5.11 Å². The fraction of sp³-hybridized carbons (Fsp3) is 0.333. The summed E-state index contributed by atoms with van der Waals surface area (Å²) in [4.78, 5) is 6.82. The summed E-state index contributed by atoms with van der Waals surface area (Å²) in [5.74, 6) is 0. The van der Waals surface area contributed by atoms with E-state index in [1.165, 1.54) is 16.8 Å². The zero-order valence-corrected chi connectivity index (χ0v) is 19.5. The Bertz CT molecular complexity index is 1100. The van der Waals surface area contributed by atoms with Gasteiger partial charge in [-0.1, -0.05) is 23.7 Å². The third kappa shape index (κ3) is 3.95. The van der Waals surface area contributed by atoms with Crippen molar-refractivity contribution < 1.29 is 5.11 Å². The monoisotopic (exact) mass is 454 g/mol. The van der Waals surface area contributed by atoms with E-state index in [4.69, 9.17) is 23.8 Å². The van der Waals surface area contributed by atoms with Crippen molar-refractivity contribution in [2.75, 3.05) is 13.2 Å². The molecule has 162 valence electrons. The molecule has 2 aromatic heterocycles. The highest BCUT2D eigenvalue weighted by Crippen LogP contribution is 2.43. The minimum Gasteiger partial charge on any atom is -0.396 e. The number of hydrogen-bond acceptors (Lipinski definition) is 3. The Hall–Kier alpha value is -2.41. The molecule has 1 saturated heterocycles. The van der Waals surface area contributed by atoms with Gasteiger partial charge < -0.3 is 19.9 Å². The van der Waals surface area contributed by atoms with Crippen LogP contribution in [0.25, 0.3) is 5.69 Å². The highest BCUT2D eigenvalue weighted by molar-refractivity contribution is 7.80. The Kier molecular flexibility index (Phi) is 6.32. The first-order chi connectivity index (χ1) is 14.9. The first-order valence-electron chi connectivity index (χ1n) is 10.5. The predicted octanol–water partition coefficient (Wildman–Crippen LogP) is 4.81. The molecule has 4 rings (SSSR count). The van der Waals surface area contributed by atoms with Crippen LogP contribution < -0.4 is 5.32 Å². The average Bonchev–Trinajstić information content (AvgIpc) is 3.19. The summed E-state index contributed by atoms with van der Waals surface area (Å²) >= 11 is 12.0. The third-order valence-electron chi connectivity index (χ3n) is 6.12. The second-order valence-electron chi connectivity index (χ2n) is 7.92. The number of aliphatic hydroxyl groups excluding tert-OH is 1. The van der Waals surface area contributed by atoms with Crippen LogP contribution in [0.15, 0.2) is 48.7 Å². The molecule has 5 nitrogen and oxygen atoms in total. The van der Waals surface area contributed by atoms with Crippen LogP contribution in [-0.2, 0) is 0 Å². The van der Waals surface area contributed by atoms with Gasteiger partial charge in [-0.2, -0.15) is 0 Å². The van der Waals surface area contributed by atoms with Gasteiger partial charge in [-0.15, -0.1) is 0 Å². The SMILES string of the molecule is Cc1c([C@@H]2[C@H](c3ccccn3)NC(=S)N2CCCO)c(C)n(-c2cccc(Cl)c2)c1C. The van der Waals surface area contributed by atoms with Crippen LogP contribution in [0.4, 0.5) is 0 Å². The van der Waals surface area contributed by atoms with E-state index in [-0.39, 0.29) is 18.7 Å². The molecule has 0 bridgehead atoms. The molecule has 1 aromatic carbocycles. The van der Waals surface area contributed by atoms with E-state index in [1.807, 2.05) is 42.6 Å². The van der Waals surface area contributed by atoms with E-state index in [0.717, 1.165) is 17.1 Å². The molecule has 1 aliphatic rings. The first kappa shape index (κ1) is 21.8. The van der Waals surface area contributed by atoms with Crippen LogP contribution in [0.2, 0.25) is 5.02 Å². The first-order valence-corrected chi connectivity index (χ1v) is 11.3. The summed E-state index contributed by atoms with van der Waals surface area (Å²) in [5, 5.41) is 14.4. The predicted molar refractivity (Wildman–Crippen MR) is 129 cm³/mol. The minimum atomic E-state index is -0.0700. The lowest BCUT2D eigenvalue weighted by molar-refractivity contribution is 0.247. The lowest BCUT2D eigenvalue weighted by atomic mass is 9.93. The molecule has 2 N–H and O–H groups in total. The number of thiocarbonyl (C=S) groups is 1. The Morgan fingerprint density at radius 2 is 1.94 bits per heavy atom. The molecular weight excluding hydrogens is 428 g/mol. The fourth-order valence-corrected chi connectivity index (χ4v) is 5.16. The molecule has 0 unspecified atom stereocenters. The number of hydrogen-bond donors (Lipinski definition) is 2. The molecule has 3 heterocycles. The number of rotatable bonds is 6. The van der Waals surface area contributed by atoms with Crippen molar-refractivity contribution in [3.63, 3.8) is 0 Å². The van der Waals surface area contributed by atoms with Crippen LogP contribution in [0.5, 0.6) is 0 Å². The molecule has 3 aromatic rings. The molecule has 0 spiro atoms. The smallest absolute Gasteiger partial charge is 0.170 e. The molecule has 0 radical (unpaired) electrons.